The number of aromatic hydroxyl groups is 1. The van der Waals surface area contributed by atoms with Crippen molar-refractivity contribution in [3.8, 4) is 11.5 Å². The quantitative estimate of drug-likeness (QED) is 0.297. The van der Waals surface area contributed by atoms with E-state index < -0.39 is 0 Å². The molecule has 0 aromatic heterocycles. The SMILES string of the molecule is COc1cc(C=CCCC(C)[C@H](C)CC[C@@H](C)[C@H]2CC[C@H]3[C@@H]4CC[C@H]5C[C@@H](O)CC[C@]5(C)[C@H]4CC[C@]23C)ccc1O. The van der Waals surface area contributed by atoms with Gasteiger partial charge in [-0.3, -0.25) is 0 Å². The zero-order chi connectivity index (χ0) is 29.4. The number of ether oxygens (including phenoxy) is 1. The second-order valence-electron chi connectivity index (χ2n) is 15.7. The molecule has 0 saturated heterocycles. The Morgan fingerprint density at radius 3 is 2.41 bits per heavy atom. The first-order chi connectivity index (χ1) is 19.6. The maximum absolute atomic E-state index is 10.4. The van der Waals surface area contributed by atoms with Gasteiger partial charge >= 0.3 is 0 Å². The van der Waals surface area contributed by atoms with Gasteiger partial charge in [0.05, 0.1) is 13.2 Å². The van der Waals surface area contributed by atoms with Crippen molar-refractivity contribution in [3.05, 3.63) is 29.8 Å². The van der Waals surface area contributed by atoms with E-state index in [0.29, 0.717) is 16.6 Å². The first-order valence-electron chi connectivity index (χ1n) is 17.3. The number of phenolic OH excluding ortho intramolecular Hbond substituents is 1. The van der Waals surface area contributed by atoms with Gasteiger partial charge in [-0.15, -0.1) is 0 Å². The third-order valence-electron chi connectivity index (χ3n) is 13.7. The first-order valence-corrected chi connectivity index (χ1v) is 17.3. The maximum atomic E-state index is 10.4. The molecule has 11 atom stereocenters. The van der Waals surface area contributed by atoms with Crippen molar-refractivity contribution in [3.63, 3.8) is 0 Å². The number of rotatable bonds is 10. The summed E-state index contributed by atoms with van der Waals surface area (Å²) in [7, 11) is 1.59. The fourth-order valence-corrected chi connectivity index (χ4v) is 10.9. The largest absolute Gasteiger partial charge is 0.504 e. The summed E-state index contributed by atoms with van der Waals surface area (Å²) in [4.78, 5) is 0. The van der Waals surface area contributed by atoms with E-state index in [-0.39, 0.29) is 11.9 Å². The van der Waals surface area contributed by atoms with E-state index in [1.807, 2.05) is 12.1 Å². The molecule has 0 heterocycles. The number of aliphatic hydroxyl groups excluding tert-OH is 1. The minimum atomic E-state index is -0.0353. The fraction of sp³-hybridized carbons (Fsp3) is 0.789. The molecule has 2 N–H and O–H groups in total. The molecule has 230 valence electrons. The van der Waals surface area contributed by atoms with E-state index in [9.17, 15) is 10.2 Å². The molecule has 0 aliphatic heterocycles. The second kappa shape index (κ2) is 12.6. The number of hydrogen-bond donors (Lipinski definition) is 2. The Labute approximate surface area is 251 Å². The van der Waals surface area contributed by atoms with Crippen LogP contribution in [0.2, 0.25) is 0 Å². The van der Waals surface area contributed by atoms with Crippen LogP contribution in [0.25, 0.3) is 6.08 Å². The van der Waals surface area contributed by atoms with Crippen LogP contribution >= 0.6 is 0 Å². The summed E-state index contributed by atoms with van der Waals surface area (Å²) in [5, 5.41) is 20.2. The maximum Gasteiger partial charge on any atom is 0.161 e. The topological polar surface area (TPSA) is 49.7 Å². The molecule has 4 saturated carbocycles. The zero-order valence-corrected chi connectivity index (χ0v) is 27.1. The summed E-state index contributed by atoms with van der Waals surface area (Å²) in [5.41, 5.74) is 2.12. The van der Waals surface area contributed by atoms with Crippen LogP contribution in [0.1, 0.15) is 124 Å². The van der Waals surface area contributed by atoms with Crippen molar-refractivity contribution in [2.75, 3.05) is 7.11 Å². The van der Waals surface area contributed by atoms with Gasteiger partial charge in [0, 0.05) is 0 Å². The normalized spacial score (nSPS) is 39.0. The highest BCUT2D eigenvalue weighted by molar-refractivity contribution is 5.55. The van der Waals surface area contributed by atoms with E-state index in [1.165, 1.54) is 64.2 Å². The molecule has 1 aromatic carbocycles. The lowest BCUT2D eigenvalue weighted by atomic mass is 9.44. The molecule has 1 unspecified atom stereocenters. The molecule has 4 aliphatic rings. The summed E-state index contributed by atoms with van der Waals surface area (Å²) in [5.74, 6) is 7.51. The average molecular weight is 565 g/mol. The highest BCUT2D eigenvalue weighted by atomic mass is 16.5. The van der Waals surface area contributed by atoms with Crippen LogP contribution in [0.3, 0.4) is 0 Å². The molecule has 0 bridgehead atoms. The molecule has 0 spiro atoms. The van der Waals surface area contributed by atoms with E-state index in [0.717, 1.165) is 72.2 Å². The highest BCUT2D eigenvalue weighted by Crippen LogP contribution is 2.68. The van der Waals surface area contributed by atoms with Gasteiger partial charge in [0.25, 0.3) is 0 Å². The Morgan fingerprint density at radius 2 is 1.63 bits per heavy atom. The van der Waals surface area contributed by atoms with Gasteiger partial charge in [-0.05, 0) is 146 Å². The minimum Gasteiger partial charge on any atom is -0.504 e. The van der Waals surface area contributed by atoms with E-state index in [2.05, 4.69) is 46.8 Å². The number of methoxy groups -OCH3 is 1. The predicted octanol–water partition coefficient (Wildman–Crippen LogP) is 9.90. The van der Waals surface area contributed by atoms with Crippen molar-refractivity contribution in [2.45, 2.75) is 124 Å². The average Bonchev–Trinajstić information content (AvgIpc) is 3.32. The summed E-state index contributed by atoms with van der Waals surface area (Å²) in [6.45, 7) is 12.9. The van der Waals surface area contributed by atoms with Crippen LogP contribution in [0.5, 0.6) is 11.5 Å². The third-order valence-corrected chi connectivity index (χ3v) is 13.7. The Balaban J connectivity index is 1.10. The van der Waals surface area contributed by atoms with Gasteiger partial charge in [-0.1, -0.05) is 65.7 Å². The van der Waals surface area contributed by atoms with Gasteiger partial charge in [0.1, 0.15) is 0 Å². The minimum absolute atomic E-state index is 0.0353. The number of phenols is 1. The molecule has 41 heavy (non-hydrogen) atoms. The number of aliphatic hydroxyl groups is 1. The molecular weight excluding hydrogens is 504 g/mol. The van der Waals surface area contributed by atoms with Crippen molar-refractivity contribution >= 4 is 6.08 Å². The molecule has 0 radical (unpaired) electrons. The van der Waals surface area contributed by atoms with E-state index >= 15 is 0 Å². The highest BCUT2D eigenvalue weighted by Gasteiger charge is 2.60. The van der Waals surface area contributed by atoms with Crippen molar-refractivity contribution in [2.24, 2.45) is 58.2 Å². The number of fused-ring (bicyclic) bond motifs is 5. The van der Waals surface area contributed by atoms with Crippen LogP contribution < -0.4 is 4.74 Å². The number of benzene rings is 1. The van der Waals surface area contributed by atoms with E-state index in [1.54, 1.807) is 13.2 Å². The molecule has 4 fully saturated rings. The molecule has 0 amide bonds. The van der Waals surface area contributed by atoms with Gasteiger partial charge in [0.15, 0.2) is 11.5 Å². The molecular formula is C38H60O3. The molecule has 4 aliphatic carbocycles. The Bertz CT molecular complexity index is 1050. The van der Waals surface area contributed by atoms with E-state index in [4.69, 9.17) is 4.74 Å². The molecule has 1 aromatic rings. The summed E-state index contributed by atoms with van der Waals surface area (Å²) in [6.07, 6.45) is 21.5. The number of hydrogen-bond acceptors (Lipinski definition) is 3. The van der Waals surface area contributed by atoms with Crippen LogP contribution in [0.4, 0.5) is 0 Å². The summed E-state index contributed by atoms with van der Waals surface area (Å²) >= 11 is 0. The summed E-state index contributed by atoms with van der Waals surface area (Å²) < 4.78 is 5.24. The Kier molecular flexibility index (Phi) is 9.54. The van der Waals surface area contributed by atoms with Gasteiger partial charge in [-0.25, -0.2) is 0 Å². The fourth-order valence-electron chi connectivity index (χ4n) is 10.9. The first kappa shape index (κ1) is 31.0. The van der Waals surface area contributed by atoms with Crippen LogP contribution in [-0.4, -0.2) is 23.4 Å². The Morgan fingerprint density at radius 1 is 0.902 bits per heavy atom. The summed E-state index contributed by atoms with van der Waals surface area (Å²) in [6, 6.07) is 5.54. The zero-order valence-electron chi connectivity index (χ0n) is 27.1. The lowest BCUT2D eigenvalue weighted by Gasteiger charge is -2.61. The third kappa shape index (κ3) is 6.13. The predicted molar refractivity (Wildman–Crippen MR) is 171 cm³/mol. The lowest BCUT2D eigenvalue weighted by Crippen LogP contribution is -2.54. The van der Waals surface area contributed by atoms with Crippen molar-refractivity contribution in [1.29, 1.82) is 0 Å². The molecule has 3 nitrogen and oxygen atoms in total. The van der Waals surface area contributed by atoms with Crippen LogP contribution in [0.15, 0.2) is 24.3 Å². The smallest absolute Gasteiger partial charge is 0.161 e. The lowest BCUT2D eigenvalue weighted by molar-refractivity contribution is -0.129. The van der Waals surface area contributed by atoms with Gasteiger partial charge < -0.3 is 14.9 Å². The van der Waals surface area contributed by atoms with Crippen LogP contribution in [0, 0.1) is 58.2 Å². The van der Waals surface area contributed by atoms with Crippen molar-refractivity contribution < 1.29 is 14.9 Å². The van der Waals surface area contributed by atoms with Gasteiger partial charge in [0.2, 0.25) is 0 Å². The van der Waals surface area contributed by atoms with Gasteiger partial charge in [-0.2, -0.15) is 0 Å². The Hall–Kier alpha value is -1.48. The standard InChI is InChI=1S/C38H60O3/c1-25(9-7-8-10-28-13-18-35(40)36(23-28)41-6)26(2)11-12-27(3)32-16-17-33-31-15-14-29-24-30(39)19-21-37(29,4)34(31)20-22-38(32,33)5/h8,10,13,18,23,25-27,29-34,39-40H,7,9,11-12,14-17,19-22,24H2,1-6H3/t25?,26-,27-,29+,30+,31+,32-,33+,34+,37+,38-/m1/s1. The molecule has 3 heteroatoms. The monoisotopic (exact) mass is 564 g/mol. The molecule has 5 rings (SSSR count). The second-order valence-corrected chi connectivity index (χ2v) is 15.7. The van der Waals surface area contributed by atoms with Crippen molar-refractivity contribution in [1.82, 2.24) is 0 Å². The van der Waals surface area contributed by atoms with Crippen LogP contribution in [-0.2, 0) is 0 Å². The number of allylic oxidation sites excluding steroid dienone is 1.